The Morgan fingerprint density at radius 3 is 2.57 bits per heavy atom. The van der Waals surface area contributed by atoms with Crippen LogP contribution in [0.2, 0.25) is 0 Å². The van der Waals surface area contributed by atoms with Crippen LogP contribution in [0.25, 0.3) is 0 Å². The smallest absolute Gasteiger partial charge is 0.315 e. The summed E-state index contributed by atoms with van der Waals surface area (Å²) in [5, 5.41) is 13.5. The van der Waals surface area contributed by atoms with E-state index in [9.17, 15) is 9.59 Å². The molecule has 14 heavy (non-hydrogen) atoms. The summed E-state index contributed by atoms with van der Waals surface area (Å²) in [5.74, 6) is -0.910. The maximum Gasteiger partial charge on any atom is 0.315 e. The number of aliphatic carboxylic acids is 1. The lowest BCUT2D eigenvalue weighted by Crippen LogP contribution is -2.41. The van der Waals surface area contributed by atoms with Crippen LogP contribution in [0.4, 0.5) is 4.79 Å². The van der Waals surface area contributed by atoms with Crippen molar-refractivity contribution in [1.29, 1.82) is 0 Å². The maximum atomic E-state index is 11.1. The third kappa shape index (κ3) is 7.39. The zero-order valence-electron chi connectivity index (χ0n) is 8.67. The average Bonchev–Trinajstić information content (AvgIpc) is 2.03. The molecule has 1 unspecified atom stereocenters. The van der Waals surface area contributed by atoms with Gasteiger partial charge in [0.15, 0.2) is 0 Å². The van der Waals surface area contributed by atoms with Gasteiger partial charge in [0.1, 0.15) is 0 Å². The summed E-state index contributed by atoms with van der Waals surface area (Å²) in [7, 11) is 0. The largest absolute Gasteiger partial charge is 0.481 e. The van der Waals surface area contributed by atoms with Crippen molar-refractivity contribution in [1.82, 2.24) is 10.6 Å². The molecule has 82 valence electrons. The van der Waals surface area contributed by atoms with Gasteiger partial charge in [-0.05, 0) is 13.3 Å². The molecule has 0 aliphatic carbocycles. The molecule has 5 heteroatoms. The van der Waals surface area contributed by atoms with Crippen LogP contribution in [0.15, 0.2) is 0 Å². The van der Waals surface area contributed by atoms with E-state index < -0.39 is 5.97 Å². The third-order valence-corrected chi connectivity index (χ3v) is 1.72. The Bertz CT molecular complexity index is 194. The molecule has 0 heterocycles. The number of hydrogen-bond acceptors (Lipinski definition) is 2. The van der Waals surface area contributed by atoms with Crippen molar-refractivity contribution in [2.24, 2.45) is 0 Å². The minimum absolute atomic E-state index is 0.0461. The fourth-order valence-corrected chi connectivity index (χ4v) is 1.06. The maximum absolute atomic E-state index is 11.1. The summed E-state index contributed by atoms with van der Waals surface area (Å²) in [6.45, 7) is 4.13. The van der Waals surface area contributed by atoms with Crippen molar-refractivity contribution in [2.75, 3.05) is 6.54 Å². The number of nitrogens with one attached hydrogen (secondary N) is 2. The van der Waals surface area contributed by atoms with E-state index in [2.05, 4.69) is 10.6 Å². The van der Waals surface area contributed by atoms with Crippen LogP contribution in [0.5, 0.6) is 0 Å². The Morgan fingerprint density at radius 2 is 2.07 bits per heavy atom. The molecule has 0 aliphatic heterocycles. The Balaban J connectivity index is 3.50. The van der Waals surface area contributed by atoms with E-state index in [4.69, 9.17) is 5.11 Å². The van der Waals surface area contributed by atoms with Gasteiger partial charge >= 0.3 is 12.0 Å². The molecule has 2 amide bonds. The molecule has 0 saturated carbocycles. The van der Waals surface area contributed by atoms with Crippen molar-refractivity contribution >= 4 is 12.0 Å². The lowest BCUT2D eigenvalue weighted by Gasteiger charge is -2.12. The first kappa shape index (κ1) is 12.7. The molecule has 0 fully saturated rings. The monoisotopic (exact) mass is 202 g/mol. The molecule has 0 aromatic rings. The summed E-state index contributed by atoms with van der Waals surface area (Å²) >= 11 is 0. The zero-order chi connectivity index (χ0) is 11.0. The number of carbonyl (C=O) groups excluding carboxylic acids is 1. The van der Waals surface area contributed by atoms with E-state index in [0.717, 1.165) is 12.8 Å². The molecule has 0 saturated heterocycles. The Morgan fingerprint density at radius 1 is 1.43 bits per heavy atom. The van der Waals surface area contributed by atoms with Crippen LogP contribution < -0.4 is 10.6 Å². The van der Waals surface area contributed by atoms with E-state index in [1.54, 1.807) is 0 Å². The third-order valence-electron chi connectivity index (χ3n) is 1.72. The first-order chi connectivity index (χ1) is 6.56. The molecule has 0 spiro atoms. The minimum Gasteiger partial charge on any atom is -0.481 e. The molecular formula is C9H18N2O3. The van der Waals surface area contributed by atoms with Gasteiger partial charge in [-0.3, -0.25) is 4.79 Å². The highest BCUT2D eigenvalue weighted by molar-refractivity contribution is 5.75. The fraction of sp³-hybridized carbons (Fsp3) is 0.778. The lowest BCUT2D eigenvalue weighted by atomic mass is 10.2. The summed E-state index contributed by atoms with van der Waals surface area (Å²) in [4.78, 5) is 21.2. The number of urea groups is 1. The molecule has 1 atom stereocenters. The van der Waals surface area contributed by atoms with Crippen molar-refractivity contribution in [3.8, 4) is 0 Å². The number of hydrogen-bond donors (Lipinski definition) is 3. The Kier molecular flexibility index (Phi) is 6.53. The standard InChI is InChI=1S/C9H18N2O3/c1-3-4-7(2)11-9(14)10-6-5-8(12)13/h7H,3-6H2,1-2H3,(H,12,13)(H2,10,11,14). The van der Waals surface area contributed by atoms with E-state index in [-0.39, 0.29) is 25.0 Å². The quantitative estimate of drug-likeness (QED) is 0.600. The molecule has 0 aromatic heterocycles. The second kappa shape index (κ2) is 7.17. The van der Waals surface area contributed by atoms with Gasteiger partial charge in [0, 0.05) is 12.6 Å². The normalized spacial score (nSPS) is 11.9. The average molecular weight is 202 g/mol. The highest BCUT2D eigenvalue weighted by Gasteiger charge is 2.05. The van der Waals surface area contributed by atoms with Crippen LogP contribution >= 0.6 is 0 Å². The second-order valence-electron chi connectivity index (χ2n) is 3.23. The molecule has 0 radical (unpaired) electrons. The van der Waals surface area contributed by atoms with Gasteiger partial charge < -0.3 is 15.7 Å². The van der Waals surface area contributed by atoms with Gasteiger partial charge in [0.2, 0.25) is 0 Å². The predicted molar refractivity (Wildman–Crippen MR) is 53.2 cm³/mol. The summed E-state index contributed by atoms with van der Waals surface area (Å²) in [5.41, 5.74) is 0. The van der Waals surface area contributed by atoms with Crippen LogP contribution in [-0.4, -0.2) is 29.7 Å². The van der Waals surface area contributed by atoms with Gasteiger partial charge in [0.05, 0.1) is 6.42 Å². The molecule has 3 N–H and O–H groups in total. The molecule has 0 aliphatic rings. The second-order valence-corrected chi connectivity index (χ2v) is 3.23. The molecular weight excluding hydrogens is 184 g/mol. The molecule has 0 rings (SSSR count). The van der Waals surface area contributed by atoms with Gasteiger partial charge in [-0.25, -0.2) is 4.79 Å². The van der Waals surface area contributed by atoms with Crippen molar-refractivity contribution in [3.63, 3.8) is 0 Å². The van der Waals surface area contributed by atoms with Crippen LogP contribution in [0.1, 0.15) is 33.1 Å². The zero-order valence-corrected chi connectivity index (χ0v) is 8.67. The Hall–Kier alpha value is -1.26. The summed E-state index contributed by atoms with van der Waals surface area (Å²) < 4.78 is 0. The number of amides is 2. The van der Waals surface area contributed by atoms with Crippen molar-refractivity contribution < 1.29 is 14.7 Å². The van der Waals surface area contributed by atoms with Crippen LogP contribution in [0, 0.1) is 0 Å². The number of carboxylic acids is 1. The van der Waals surface area contributed by atoms with Gasteiger partial charge in [0.25, 0.3) is 0 Å². The van der Waals surface area contributed by atoms with Crippen molar-refractivity contribution in [2.45, 2.75) is 39.2 Å². The van der Waals surface area contributed by atoms with E-state index >= 15 is 0 Å². The fourth-order valence-electron chi connectivity index (χ4n) is 1.06. The Labute approximate surface area is 83.9 Å². The van der Waals surface area contributed by atoms with E-state index in [1.165, 1.54) is 0 Å². The van der Waals surface area contributed by atoms with Gasteiger partial charge in [-0.2, -0.15) is 0 Å². The lowest BCUT2D eigenvalue weighted by molar-refractivity contribution is -0.136. The number of carboxylic acid groups (broad SMARTS) is 1. The first-order valence-electron chi connectivity index (χ1n) is 4.82. The van der Waals surface area contributed by atoms with E-state index in [1.807, 2.05) is 13.8 Å². The molecule has 0 aromatic carbocycles. The van der Waals surface area contributed by atoms with E-state index in [0.29, 0.717) is 0 Å². The summed E-state index contributed by atoms with van der Waals surface area (Å²) in [6, 6.07) is -0.169. The van der Waals surface area contributed by atoms with Crippen molar-refractivity contribution in [3.05, 3.63) is 0 Å². The topological polar surface area (TPSA) is 78.4 Å². The molecule has 5 nitrogen and oxygen atoms in total. The number of carbonyl (C=O) groups is 2. The highest BCUT2D eigenvalue weighted by Crippen LogP contribution is 1.93. The minimum atomic E-state index is -0.910. The molecule has 0 bridgehead atoms. The summed E-state index contributed by atoms with van der Waals surface area (Å²) in [6.07, 6.45) is 1.89. The SMILES string of the molecule is CCCC(C)NC(=O)NCCC(=O)O. The number of rotatable bonds is 6. The predicted octanol–water partition coefficient (Wildman–Crippen LogP) is 0.949. The van der Waals surface area contributed by atoms with Gasteiger partial charge in [-0.15, -0.1) is 0 Å². The highest BCUT2D eigenvalue weighted by atomic mass is 16.4. The van der Waals surface area contributed by atoms with Crippen LogP contribution in [0.3, 0.4) is 0 Å². The first-order valence-corrected chi connectivity index (χ1v) is 4.82. The van der Waals surface area contributed by atoms with Gasteiger partial charge in [-0.1, -0.05) is 13.3 Å². The van der Waals surface area contributed by atoms with Crippen LogP contribution in [-0.2, 0) is 4.79 Å².